The highest BCUT2D eigenvalue weighted by Crippen LogP contribution is 2.46. The van der Waals surface area contributed by atoms with Gasteiger partial charge in [0.1, 0.15) is 11.3 Å². The Morgan fingerprint density at radius 1 is 0.625 bits per heavy atom. The Kier molecular flexibility index (Phi) is 9.68. The summed E-state index contributed by atoms with van der Waals surface area (Å²) in [5, 5.41) is 3.32. The van der Waals surface area contributed by atoms with Crippen LogP contribution in [0.3, 0.4) is 0 Å². The fraction of sp³-hybridized carbons (Fsp3) is 0.0370. The quantitative estimate of drug-likeness (QED) is 0.145. The van der Waals surface area contributed by atoms with Crippen LogP contribution < -0.4 is 4.90 Å². The molecular formula is C54H41NO. The van der Waals surface area contributed by atoms with Gasteiger partial charge >= 0.3 is 0 Å². The Hall–Kier alpha value is -7.16. The number of anilines is 2. The van der Waals surface area contributed by atoms with Gasteiger partial charge in [-0.1, -0.05) is 195 Å². The van der Waals surface area contributed by atoms with Gasteiger partial charge in [0.05, 0.1) is 11.4 Å². The maximum Gasteiger partial charge on any atom is 0.142 e. The minimum Gasteiger partial charge on any atom is -0.455 e. The van der Waals surface area contributed by atoms with E-state index in [9.17, 15) is 0 Å². The van der Waals surface area contributed by atoms with Crippen LogP contribution in [0.5, 0.6) is 0 Å². The van der Waals surface area contributed by atoms with Gasteiger partial charge in [-0.3, -0.25) is 0 Å². The van der Waals surface area contributed by atoms with Crippen LogP contribution in [-0.2, 0) is 0 Å². The molecule has 0 bridgehead atoms. The van der Waals surface area contributed by atoms with Crippen LogP contribution in [0.2, 0.25) is 0 Å². The number of hydrogen-bond acceptors (Lipinski definition) is 2. The molecule has 1 atom stereocenters. The minimum atomic E-state index is 0.263. The Balaban J connectivity index is 1.28. The zero-order valence-electron chi connectivity index (χ0n) is 31.1. The van der Waals surface area contributed by atoms with E-state index in [1.807, 2.05) is 6.08 Å². The first-order valence-electron chi connectivity index (χ1n) is 19.2. The highest BCUT2D eigenvalue weighted by Gasteiger charge is 2.26. The van der Waals surface area contributed by atoms with E-state index in [0.29, 0.717) is 0 Å². The number of fused-ring (bicyclic) bond motifs is 4. The standard InChI is InChI=1S/C54H41NO/c1-2-19-49(53-38-45-31-30-42-25-15-16-27-47(42)54(45)56-53)48-28-17-18-29-51(48)55(46-34-32-40-22-9-5-3-4-6-10-26-43(40)36-46)52-35-33-44(39-20-11-7-12-21-39)37-50(52)41-23-13-8-14-24-41/h2-31,33-38,40H,1,32H2/b5-3-,6-4+,22-9+,26-10-,49-19-. The largest absolute Gasteiger partial charge is 0.455 e. The van der Waals surface area contributed by atoms with Crippen molar-refractivity contribution in [3.63, 3.8) is 0 Å². The Labute approximate surface area is 329 Å². The molecule has 0 amide bonds. The van der Waals surface area contributed by atoms with Crippen LogP contribution in [0.25, 0.3) is 49.6 Å². The summed E-state index contributed by atoms with van der Waals surface area (Å²) in [6.07, 6.45) is 26.7. The fourth-order valence-electron chi connectivity index (χ4n) is 7.88. The zero-order chi connectivity index (χ0) is 37.7. The molecule has 0 saturated heterocycles. The molecule has 1 aromatic heterocycles. The average Bonchev–Trinajstić information content (AvgIpc) is 3.70. The summed E-state index contributed by atoms with van der Waals surface area (Å²) in [4.78, 5) is 2.44. The second-order valence-electron chi connectivity index (χ2n) is 14.1. The lowest BCUT2D eigenvalue weighted by Gasteiger charge is -2.33. The van der Waals surface area contributed by atoms with E-state index in [4.69, 9.17) is 4.42 Å². The van der Waals surface area contributed by atoms with E-state index in [-0.39, 0.29) is 5.92 Å². The molecule has 1 heterocycles. The third kappa shape index (κ3) is 6.85. The van der Waals surface area contributed by atoms with Crippen molar-refractivity contribution in [2.45, 2.75) is 6.42 Å². The molecule has 0 fully saturated rings. The molecule has 7 aromatic rings. The van der Waals surface area contributed by atoms with Crippen LogP contribution in [0.1, 0.15) is 17.7 Å². The summed E-state index contributed by atoms with van der Waals surface area (Å²) in [7, 11) is 0. The number of para-hydroxylation sites is 1. The molecule has 9 rings (SSSR count). The molecule has 1 unspecified atom stereocenters. The molecule has 2 nitrogen and oxygen atoms in total. The van der Waals surface area contributed by atoms with Crippen molar-refractivity contribution in [3.05, 3.63) is 248 Å². The van der Waals surface area contributed by atoms with Crippen LogP contribution in [0.15, 0.2) is 241 Å². The van der Waals surface area contributed by atoms with Crippen molar-refractivity contribution in [2.24, 2.45) is 5.92 Å². The molecule has 0 N–H and O–H groups in total. The Morgan fingerprint density at radius 3 is 2.18 bits per heavy atom. The van der Waals surface area contributed by atoms with Gasteiger partial charge < -0.3 is 9.32 Å². The first kappa shape index (κ1) is 34.6. The summed E-state index contributed by atoms with van der Waals surface area (Å²) in [5.41, 5.74) is 12.0. The van der Waals surface area contributed by atoms with Gasteiger partial charge in [0.15, 0.2) is 0 Å². The van der Waals surface area contributed by atoms with Crippen molar-refractivity contribution in [1.29, 1.82) is 0 Å². The normalized spacial score (nSPS) is 17.6. The summed E-state index contributed by atoms with van der Waals surface area (Å²) in [6.45, 7) is 4.17. The molecule has 0 aliphatic heterocycles. The lowest BCUT2D eigenvalue weighted by molar-refractivity contribution is 0.603. The summed E-state index contributed by atoms with van der Waals surface area (Å²) >= 11 is 0. The van der Waals surface area contributed by atoms with Crippen LogP contribution >= 0.6 is 0 Å². The number of nitrogens with zero attached hydrogens (tertiary/aromatic N) is 1. The van der Waals surface area contributed by atoms with Gasteiger partial charge in [-0.25, -0.2) is 0 Å². The monoisotopic (exact) mass is 719 g/mol. The van der Waals surface area contributed by atoms with E-state index in [1.54, 1.807) is 0 Å². The van der Waals surface area contributed by atoms with Gasteiger partial charge in [-0.2, -0.15) is 0 Å². The molecule has 268 valence electrons. The molecule has 0 saturated carbocycles. The molecule has 6 aromatic carbocycles. The summed E-state index contributed by atoms with van der Waals surface area (Å²) in [5.74, 6) is 1.06. The van der Waals surface area contributed by atoms with Gasteiger partial charge in [-0.15, -0.1) is 0 Å². The SMILES string of the molecule is C=C/C=C(\c1cc2ccc3ccccc3c2o1)c1ccccc1N(C1=CCC2/C=C/C=C\C=C\C=C/C2=C1)c1ccc(-c2ccccc2)cc1-c1ccccc1. The number of benzene rings is 6. The van der Waals surface area contributed by atoms with Gasteiger partial charge in [-0.05, 0) is 64.4 Å². The highest BCUT2D eigenvalue weighted by molar-refractivity contribution is 6.06. The van der Waals surface area contributed by atoms with E-state index in [1.165, 1.54) is 16.7 Å². The molecular weight excluding hydrogens is 679 g/mol. The fourth-order valence-corrected chi connectivity index (χ4v) is 7.88. The first-order chi connectivity index (χ1) is 27.7. The third-order valence-electron chi connectivity index (χ3n) is 10.6. The lowest BCUT2D eigenvalue weighted by atomic mass is 9.88. The van der Waals surface area contributed by atoms with Gasteiger partial charge in [0.25, 0.3) is 0 Å². The van der Waals surface area contributed by atoms with Gasteiger partial charge in [0.2, 0.25) is 0 Å². The summed E-state index contributed by atoms with van der Waals surface area (Å²) in [6, 6.07) is 51.8. The molecule has 0 spiro atoms. The van der Waals surface area contributed by atoms with Crippen molar-refractivity contribution < 1.29 is 4.42 Å². The molecule has 2 aliphatic carbocycles. The second-order valence-corrected chi connectivity index (χ2v) is 14.1. The van der Waals surface area contributed by atoms with Crippen LogP contribution in [0.4, 0.5) is 11.4 Å². The van der Waals surface area contributed by atoms with E-state index in [2.05, 4.69) is 224 Å². The number of hydrogen-bond donors (Lipinski definition) is 0. The van der Waals surface area contributed by atoms with E-state index >= 15 is 0 Å². The van der Waals surface area contributed by atoms with Crippen molar-refractivity contribution in [2.75, 3.05) is 4.90 Å². The van der Waals surface area contributed by atoms with Crippen molar-refractivity contribution in [3.8, 4) is 22.3 Å². The second kappa shape index (κ2) is 15.7. The average molecular weight is 720 g/mol. The van der Waals surface area contributed by atoms with Crippen molar-refractivity contribution >= 4 is 38.7 Å². The van der Waals surface area contributed by atoms with E-state index < -0.39 is 0 Å². The molecule has 2 aliphatic rings. The predicted molar refractivity (Wildman–Crippen MR) is 238 cm³/mol. The Bertz CT molecular complexity index is 2780. The van der Waals surface area contributed by atoms with E-state index in [0.717, 1.165) is 73.3 Å². The van der Waals surface area contributed by atoms with Crippen LogP contribution in [0, 0.1) is 5.92 Å². The third-order valence-corrected chi connectivity index (χ3v) is 10.6. The molecule has 56 heavy (non-hydrogen) atoms. The highest BCUT2D eigenvalue weighted by atomic mass is 16.3. The zero-order valence-corrected chi connectivity index (χ0v) is 31.1. The topological polar surface area (TPSA) is 16.4 Å². The molecule has 2 heteroatoms. The number of rotatable bonds is 8. The summed E-state index contributed by atoms with van der Waals surface area (Å²) < 4.78 is 6.82. The van der Waals surface area contributed by atoms with Crippen LogP contribution in [-0.4, -0.2) is 0 Å². The number of allylic oxidation sites excluding steroid dienone is 13. The molecule has 0 radical (unpaired) electrons. The lowest BCUT2D eigenvalue weighted by Crippen LogP contribution is -2.21. The first-order valence-corrected chi connectivity index (χ1v) is 19.2. The maximum absolute atomic E-state index is 6.82. The number of furan rings is 1. The van der Waals surface area contributed by atoms with Gasteiger partial charge in [0, 0.05) is 39.1 Å². The maximum atomic E-state index is 6.82. The predicted octanol–water partition coefficient (Wildman–Crippen LogP) is 14.7. The minimum absolute atomic E-state index is 0.263. The van der Waals surface area contributed by atoms with Crippen molar-refractivity contribution in [1.82, 2.24) is 0 Å². The Morgan fingerprint density at radius 2 is 1.34 bits per heavy atom. The smallest absolute Gasteiger partial charge is 0.142 e.